The maximum absolute atomic E-state index is 11.8. The Morgan fingerprint density at radius 1 is 1.16 bits per heavy atom. The zero-order chi connectivity index (χ0) is 14.7. The summed E-state index contributed by atoms with van der Waals surface area (Å²) in [5.74, 6) is -0.373. The molecule has 0 radical (unpaired) electrons. The van der Waals surface area contributed by atoms with E-state index in [2.05, 4.69) is 14.2 Å². The van der Waals surface area contributed by atoms with Gasteiger partial charge in [-0.2, -0.15) is 0 Å². The third-order valence-corrected chi connectivity index (χ3v) is 4.94. The molecule has 0 aromatic heterocycles. The van der Waals surface area contributed by atoms with E-state index in [4.69, 9.17) is 0 Å². The SMILES string of the molecule is CS[I-]NC(=O)C(CCCCNC(C)=O)NC(C)=O. The van der Waals surface area contributed by atoms with Crippen molar-refractivity contribution in [2.24, 2.45) is 0 Å². The van der Waals surface area contributed by atoms with Crippen molar-refractivity contribution < 1.29 is 34.5 Å². The first-order valence-corrected chi connectivity index (χ1v) is 10.8. The molecule has 0 aromatic rings. The number of rotatable bonds is 9. The van der Waals surface area contributed by atoms with E-state index in [1.165, 1.54) is 13.8 Å². The molecule has 3 N–H and O–H groups in total. The van der Waals surface area contributed by atoms with Gasteiger partial charge in [0.1, 0.15) is 0 Å². The Balaban J connectivity index is 4.02. The third-order valence-electron chi connectivity index (χ3n) is 2.20. The summed E-state index contributed by atoms with van der Waals surface area (Å²) < 4.78 is 2.85. The van der Waals surface area contributed by atoms with Crippen molar-refractivity contribution in [1.29, 1.82) is 0 Å². The second-order valence-electron chi connectivity index (χ2n) is 3.92. The summed E-state index contributed by atoms with van der Waals surface area (Å²) in [7, 11) is 1.62. The van der Waals surface area contributed by atoms with E-state index in [-0.39, 0.29) is 17.7 Å². The molecule has 0 aliphatic carbocycles. The van der Waals surface area contributed by atoms with E-state index in [1.54, 1.807) is 8.93 Å². The molecule has 0 fully saturated rings. The molecule has 6 nitrogen and oxygen atoms in total. The van der Waals surface area contributed by atoms with E-state index in [9.17, 15) is 14.4 Å². The summed E-state index contributed by atoms with van der Waals surface area (Å²) >= 11 is -0.395. The average Bonchev–Trinajstić information content (AvgIpc) is 2.33. The number of carbonyl (C=O) groups is 3. The zero-order valence-corrected chi connectivity index (χ0v) is 14.4. The predicted octanol–water partition coefficient (Wildman–Crippen LogP) is -2.80. The number of hydrogen-bond acceptors (Lipinski definition) is 4. The molecule has 3 amide bonds. The second kappa shape index (κ2) is 11.3. The van der Waals surface area contributed by atoms with Crippen LogP contribution >= 0.6 is 8.93 Å². The fourth-order valence-corrected chi connectivity index (χ4v) is 3.24. The fraction of sp³-hybridized carbons (Fsp3) is 0.727. The van der Waals surface area contributed by atoms with Crippen LogP contribution in [0.25, 0.3) is 0 Å². The van der Waals surface area contributed by atoms with Crippen molar-refractivity contribution >= 4 is 26.7 Å². The monoisotopic (exact) mass is 402 g/mol. The minimum absolute atomic E-state index is 0.0547. The Kier molecular flexibility index (Phi) is 11.0. The molecular weight excluding hydrogens is 381 g/mol. The summed E-state index contributed by atoms with van der Waals surface area (Å²) in [4.78, 5) is 33.6. The van der Waals surface area contributed by atoms with Crippen LogP contribution in [0.4, 0.5) is 0 Å². The molecule has 0 rings (SSSR count). The topological polar surface area (TPSA) is 87.3 Å². The Morgan fingerprint density at radius 3 is 2.37 bits per heavy atom. The predicted molar refractivity (Wildman–Crippen MR) is 71.8 cm³/mol. The zero-order valence-electron chi connectivity index (χ0n) is 11.4. The van der Waals surface area contributed by atoms with Crippen molar-refractivity contribution in [1.82, 2.24) is 14.2 Å². The van der Waals surface area contributed by atoms with Crippen LogP contribution in [0.3, 0.4) is 0 Å². The molecule has 0 bridgehead atoms. The summed E-state index contributed by atoms with van der Waals surface area (Å²) in [5, 5.41) is 5.36. The van der Waals surface area contributed by atoms with Gasteiger partial charge in [0.2, 0.25) is 0 Å². The Labute approximate surface area is 127 Å². The summed E-state index contributed by atoms with van der Waals surface area (Å²) in [6, 6.07) is -0.471. The first-order chi connectivity index (χ1) is 8.97. The van der Waals surface area contributed by atoms with Gasteiger partial charge in [0.25, 0.3) is 0 Å². The van der Waals surface area contributed by atoms with E-state index >= 15 is 0 Å². The molecule has 1 unspecified atom stereocenters. The quantitative estimate of drug-likeness (QED) is 0.221. The van der Waals surface area contributed by atoms with Gasteiger partial charge < -0.3 is 0 Å². The van der Waals surface area contributed by atoms with E-state index in [0.29, 0.717) is 13.0 Å². The summed E-state index contributed by atoms with van der Waals surface area (Å²) in [6.07, 6.45) is 4.09. The maximum atomic E-state index is 11.8. The van der Waals surface area contributed by atoms with Crippen molar-refractivity contribution in [3.8, 4) is 0 Å². The average molecular weight is 402 g/mol. The Bertz CT molecular complexity index is 316. The molecule has 19 heavy (non-hydrogen) atoms. The van der Waals surface area contributed by atoms with Crippen molar-refractivity contribution in [3.63, 3.8) is 0 Å². The number of hydrogen-bond donors (Lipinski definition) is 3. The van der Waals surface area contributed by atoms with Crippen LogP contribution < -0.4 is 34.3 Å². The van der Waals surface area contributed by atoms with E-state index in [1.807, 2.05) is 6.26 Å². The number of unbranched alkanes of at least 4 members (excludes halogenated alkanes) is 1. The molecule has 112 valence electrons. The Hall–Kier alpha value is -0.510. The summed E-state index contributed by atoms with van der Waals surface area (Å²) in [5.41, 5.74) is 0. The molecule has 0 heterocycles. The normalized spacial score (nSPS) is 11.7. The first-order valence-electron chi connectivity index (χ1n) is 5.95. The number of halogens is 1. The second-order valence-corrected chi connectivity index (χ2v) is 8.89. The third kappa shape index (κ3) is 11.0. The fourth-order valence-electron chi connectivity index (χ4n) is 1.39. The van der Waals surface area contributed by atoms with Crippen LogP contribution in [0.2, 0.25) is 0 Å². The molecule has 8 heteroatoms. The molecule has 0 aliphatic heterocycles. The molecule has 0 saturated heterocycles. The van der Waals surface area contributed by atoms with Gasteiger partial charge in [-0.05, 0) is 0 Å². The van der Waals surface area contributed by atoms with Gasteiger partial charge in [0.15, 0.2) is 0 Å². The van der Waals surface area contributed by atoms with Crippen LogP contribution in [0.15, 0.2) is 0 Å². The van der Waals surface area contributed by atoms with Gasteiger partial charge in [0, 0.05) is 0 Å². The van der Waals surface area contributed by atoms with Gasteiger partial charge >= 0.3 is 127 Å². The molecule has 0 saturated carbocycles. The van der Waals surface area contributed by atoms with E-state index < -0.39 is 26.1 Å². The number of amides is 3. The molecule has 0 aromatic carbocycles. The van der Waals surface area contributed by atoms with Crippen LogP contribution in [-0.2, 0) is 14.4 Å². The van der Waals surface area contributed by atoms with Crippen molar-refractivity contribution in [2.45, 2.75) is 39.2 Å². The number of carbonyl (C=O) groups excluding carboxylic acids is 3. The summed E-state index contributed by atoms with van der Waals surface area (Å²) in [6.45, 7) is 3.47. The van der Waals surface area contributed by atoms with E-state index in [0.717, 1.165) is 12.8 Å². The van der Waals surface area contributed by atoms with Crippen molar-refractivity contribution in [3.05, 3.63) is 0 Å². The van der Waals surface area contributed by atoms with Crippen LogP contribution in [-0.4, -0.2) is 36.6 Å². The van der Waals surface area contributed by atoms with Crippen LogP contribution in [0.5, 0.6) is 0 Å². The van der Waals surface area contributed by atoms with Gasteiger partial charge in [-0.1, -0.05) is 0 Å². The van der Waals surface area contributed by atoms with Gasteiger partial charge in [0.05, 0.1) is 0 Å². The minimum atomic E-state index is -0.471. The van der Waals surface area contributed by atoms with Gasteiger partial charge in [-0.3, -0.25) is 0 Å². The molecule has 0 aliphatic rings. The first kappa shape index (κ1) is 18.5. The van der Waals surface area contributed by atoms with Crippen LogP contribution in [0.1, 0.15) is 33.1 Å². The van der Waals surface area contributed by atoms with Gasteiger partial charge in [-0.25, -0.2) is 0 Å². The van der Waals surface area contributed by atoms with Crippen LogP contribution in [0, 0.1) is 0 Å². The number of nitrogens with one attached hydrogen (secondary N) is 3. The standard InChI is InChI=1S/C11H21IN3O3S/c1-8(16)13-7-5-4-6-10(14-9(2)17)11(18)15-12-19-3/h10H,4-7H2,1-3H3,(H,13,16)(H,14,17)(H,15,18)/q-1. The molecule has 1 atom stereocenters. The Morgan fingerprint density at radius 2 is 1.84 bits per heavy atom. The van der Waals surface area contributed by atoms with Crippen molar-refractivity contribution in [2.75, 3.05) is 12.8 Å². The van der Waals surface area contributed by atoms with Gasteiger partial charge in [-0.15, -0.1) is 0 Å². The molecular formula is C11H21IN3O3S-. The molecule has 0 spiro atoms.